The highest BCUT2D eigenvalue weighted by Crippen LogP contribution is 2.41. The maximum Gasteiger partial charge on any atom is 0.313 e. The number of carbonyl (C=O) groups is 1. The third-order valence-electron chi connectivity index (χ3n) is 3.86. The quantitative estimate of drug-likeness (QED) is 0.590. The van der Waals surface area contributed by atoms with Crippen LogP contribution in [0.5, 0.6) is 0 Å². The van der Waals surface area contributed by atoms with Gasteiger partial charge in [-0.1, -0.05) is 67.5 Å². The molecule has 1 atom stereocenters. The van der Waals surface area contributed by atoms with Crippen LogP contribution in [-0.4, -0.2) is 21.6 Å². The highest BCUT2D eigenvalue weighted by Gasteiger charge is 2.32. The molecule has 0 rings (SSSR count). The van der Waals surface area contributed by atoms with E-state index in [4.69, 9.17) is 5.11 Å². The van der Waals surface area contributed by atoms with Crippen LogP contribution in [0.3, 0.4) is 0 Å². The number of rotatable bonds is 8. The summed E-state index contributed by atoms with van der Waals surface area (Å²) in [5, 5.41) is 8.84. The van der Waals surface area contributed by atoms with Gasteiger partial charge in [0, 0.05) is 4.75 Å². The molecular weight excluding hydrogens is 280 g/mol. The molecule has 0 saturated heterocycles. The topological polar surface area (TPSA) is 37.3 Å². The van der Waals surface area contributed by atoms with Crippen molar-refractivity contribution in [2.45, 2.75) is 73.0 Å². The third-order valence-corrected chi connectivity index (χ3v) is 5.17. The van der Waals surface area contributed by atoms with E-state index in [9.17, 15) is 4.79 Å². The second kappa shape index (κ2) is 7.71. The summed E-state index contributed by atoms with van der Waals surface area (Å²) in [4.78, 5) is 10.7. The predicted molar refractivity (Wildman–Crippen MR) is 94.9 cm³/mol. The maximum atomic E-state index is 10.7. The first-order valence-electron chi connectivity index (χ1n) is 7.78. The van der Waals surface area contributed by atoms with Gasteiger partial charge in [-0.2, -0.15) is 0 Å². The number of hydrogen-bond acceptors (Lipinski definition) is 2. The van der Waals surface area contributed by atoms with E-state index < -0.39 is 5.97 Å². The fourth-order valence-electron chi connectivity index (χ4n) is 2.45. The number of aliphatic carboxylic acids is 1. The Hall–Kier alpha value is -0.440. The van der Waals surface area contributed by atoms with E-state index in [1.165, 1.54) is 11.8 Å². The second-order valence-electron chi connectivity index (χ2n) is 8.59. The zero-order valence-electron chi connectivity index (χ0n) is 15.1. The normalized spacial score (nSPS) is 15.4. The van der Waals surface area contributed by atoms with Gasteiger partial charge in [-0.05, 0) is 29.6 Å². The van der Waals surface area contributed by atoms with E-state index in [0.717, 1.165) is 12.8 Å². The van der Waals surface area contributed by atoms with Gasteiger partial charge in [0.25, 0.3) is 0 Å². The van der Waals surface area contributed by atoms with Gasteiger partial charge in [0.15, 0.2) is 0 Å². The standard InChI is InChI=1S/C18H34O2S/c1-14(10-9-11-16(2,3)4)17(5,6)13-18(7,8)21-12-15(19)20/h9-10,14H,11-13H2,1-8H3,(H,19,20)/b10-9-. The fraction of sp³-hybridized carbons (Fsp3) is 0.833. The van der Waals surface area contributed by atoms with Crippen molar-refractivity contribution in [3.05, 3.63) is 12.2 Å². The van der Waals surface area contributed by atoms with Gasteiger partial charge < -0.3 is 5.11 Å². The molecule has 0 aromatic rings. The van der Waals surface area contributed by atoms with Crippen LogP contribution in [0.25, 0.3) is 0 Å². The molecule has 0 aromatic carbocycles. The first-order chi connectivity index (χ1) is 9.25. The lowest BCUT2D eigenvalue weighted by atomic mass is 9.73. The van der Waals surface area contributed by atoms with Crippen molar-refractivity contribution < 1.29 is 9.90 Å². The van der Waals surface area contributed by atoms with Crippen LogP contribution in [0.15, 0.2) is 12.2 Å². The molecule has 0 saturated carbocycles. The van der Waals surface area contributed by atoms with Gasteiger partial charge >= 0.3 is 5.97 Å². The number of carboxylic acids is 1. The molecule has 0 aliphatic rings. The Morgan fingerprint density at radius 3 is 2.10 bits per heavy atom. The zero-order valence-corrected chi connectivity index (χ0v) is 15.9. The van der Waals surface area contributed by atoms with Gasteiger partial charge in [-0.25, -0.2) is 0 Å². The van der Waals surface area contributed by atoms with E-state index in [0.29, 0.717) is 11.3 Å². The maximum absolute atomic E-state index is 10.7. The van der Waals surface area contributed by atoms with E-state index >= 15 is 0 Å². The second-order valence-corrected chi connectivity index (χ2v) is 10.3. The fourth-order valence-corrected chi connectivity index (χ4v) is 3.44. The molecule has 0 aliphatic heterocycles. The molecule has 0 heterocycles. The summed E-state index contributed by atoms with van der Waals surface area (Å²) in [6, 6.07) is 0. The van der Waals surface area contributed by atoms with Crippen molar-refractivity contribution in [3.8, 4) is 0 Å². The minimum atomic E-state index is -0.732. The van der Waals surface area contributed by atoms with E-state index in [1.807, 2.05) is 0 Å². The molecule has 21 heavy (non-hydrogen) atoms. The van der Waals surface area contributed by atoms with Crippen LogP contribution in [0.4, 0.5) is 0 Å². The summed E-state index contributed by atoms with van der Waals surface area (Å²) in [5.74, 6) is -0.0781. The lowest BCUT2D eigenvalue weighted by Crippen LogP contribution is -2.31. The molecule has 0 aromatic heterocycles. The van der Waals surface area contributed by atoms with Crippen LogP contribution >= 0.6 is 11.8 Å². The number of thioether (sulfide) groups is 1. The Balaban J connectivity index is 4.61. The monoisotopic (exact) mass is 314 g/mol. The summed E-state index contributed by atoms with van der Waals surface area (Å²) in [6.07, 6.45) is 6.70. The van der Waals surface area contributed by atoms with Crippen LogP contribution in [0.2, 0.25) is 0 Å². The lowest BCUT2D eigenvalue weighted by molar-refractivity contribution is -0.133. The van der Waals surface area contributed by atoms with E-state index in [1.54, 1.807) is 0 Å². The molecular formula is C18H34O2S. The average Bonchev–Trinajstić information content (AvgIpc) is 2.23. The van der Waals surface area contributed by atoms with Crippen molar-refractivity contribution in [2.24, 2.45) is 16.7 Å². The van der Waals surface area contributed by atoms with Gasteiger partial charge in [-0.3, -0.25) is 4.79 Å². The molecule has 0 amide bonds. The number of allylic oxidation sites excluding steroid dienone is 2. The molecule has 0 aliphatic carbocycles. The molecule has 1 unspecified atom stereocenters. The highest BCUT2D eigenvalue weighted by atomic mass is 32.2. The summed E-state index contributed by atoms with van der Waals surface area (Å²) in [5.41, 5.74) is 0.486. The van der Waals surface area contributed by atoms with Gasteiger partial charge in [0.2, 0.25) is 0 Å². The van der Waals surface area contributed by atoms with Gasteiger partial charge in [-0.15, -0.1) is 11.8 Å². The molecule has 124 valence electrons. The van der Waals surface area contributed by atoms with Crippen molar-refractivity contribution >= 4 is 17.7 Å². The van der Waals surface area contributed by atoms with E-state index in [-0.39, 0.29) is 15.9 Å². The first-order valence-corrected chi connectivity index (χ1v) is 8.76. The first kappa shape index (κ1) is 20.6. The lowest BCUT2D eigenvalue weighted by Gasteiger charge is -2.37. The van der Waals surface area contributed by atoms with Gasteiger partial charge in [0.05, 0.1) is 5.75 Å². The zero-order chi connectivity index (χ0) is 16.9. The molecule has 0 bridgehead atoms. The smallest absolute Gasteiger partial charge is 0.313 e. The van der Waals surface area contributed by atoms with Crippen molar-refractivity contribution in [1.82, 2.24) is 0 Å². The summed E-state index contributed by atoms with van der Waals surface area (Å²) in [6.45, 7) is 17.9. The largest absolute Gasteiger partial charge is 0.481 e. The number of carboxylic acid groups (broad SMARTS) is 1. The van der Waals surface area contributed by atoms with Crippen LogP contribution < -0.4 is 0 Å². The minimum Gasteiger partial charge on any atom is -0.481 e. The Bertz CT molecular complexity index is 362. The molecule has 0 spiro atoms. The van der Waals surface area contributed by atoms with Crippen molar-refractivity contribution in [2.75, 3.05) is 5.75 Å². The van der Waals surface area contributed by atoms with Crippen LogP contribution in [0.1, 0.15) is 68.2 Å². The van der Waals surface area contributed by atoms with Crippen LogP contribution in [0, 0.1) is 16.7 Å². The molecule has 1 N–H and O–H groups in total. The predicted octanol–water partition coefficient (Wildman–Crippen LogP) is 5.63. The van der Waals surface area contributed by atoms with Crippen molar-refractivity contribution in [3.63, 3.8) is 0 Å². The van der Waals surface area contributed by atoms with Gasteiger partial charge in [0.1, 0.15) is 0 Å². The SMILES string of the molecule is CC(/C=C\CC(C)(C)C)C(C)(C)CC(C)(C)SCC(=O)O. The Labute approximate surface area is 135 Å². The summed E-state index contributed by atoms with van der Waals surface area (Å²) >= 11 is 1.54. The summed E-state index contributed by atoms with van der Waals surface area (Å²) < 4.78 is -0.0198. The molecule has 0 fully saturated rings. The molecule has 2 nitrogen and oxygen atoms in total. The van der Waals surface area contributed by atoms with Crippen LogP contribution in [-0.2, 0) is 4.79 Å². The minimum absolute atomic E-state index is 0.0198. The summed E-state index contributed by atoms with van der Waals surface area (Å²) in [7, 11) is 0. The van der Waals surface area contributed by atoms with Crippen molar-refractivity contribution in [1.29, 1.82) is 0 Å². The Kier molecular flexibility index (Phi) is 7.55. The Morgan fingerprint density at radius 2 is 1.67 bits per heavy atom. The van der Waals surface area contributed by atoms with E-state index in [2.05, 4.69) is 67.5 Å². The number of hydrogen-bond donors (Lipinski definition) is 1. The molecule has 0 radical (unpaired) electrons. The average molecular weight is 315 g/mol. The highest BCUT2D eigenvalue weighted by molar-refractivity contribution is 8.01. The Morgan fingerprint density at radius 1 is 1.14 bits per heavy atom. The third kappa shape index (κ3) is 10.00. The molecule has 3 heteroatoms.